The molecule has 0 saturated heterocycles. The predicted molar refractivity (Wildman–Crippen MR) is 78.3 cm³/mol. The zero-order chi connectivity index (χ0) is 18.2. The first-order chi connectivity index (χ1) is 11.8. The van der Waals surface area contributed by atoms with Crippen molar-refractivity contribution in [1.82, 2.24) is 0 Å². The molecule has 2 aromatic carbocycles. The lowest BCUT2D eigenvalue weighted by atomic mass is 10.0. The van der Waals surface area contributed by atoms with Gasteiger partial charge in [0.25, 0.3) is 0 Å². The molecule has 0 aromatic heterocycles. The number of ether oxygens (including phenoxy) is 2. The van der Waals surface area contributed by atoms with Crippen LogP contribution in [0.5, 0.6) is 5.75 Å². The van der Waals surface area contributed by atoms with E-state index in [0.29, 0.717) is 23.4 Å². The van der Waals surface area contributed by atoms with Crippen molar-refractivity contribution in [2.24, 2.45) is 0 Å². The number of carboxylic acid groups (broad SMARTS) is 1. The third-order valence-corrected chi connectivity index (χ3v) is 3.53. The first-order valence-electron chi connectivity index (χ1n) is 7.00. The molecular weight excluding hydrogens is 344 g/mol. The summed E-state index contributed by atoms with van der Waals surface area (Å²) < 4.78 is 62.2. The van der Waals surface area contributed by atoms with Gasteiger partial charge in [-0.15, -0.1) is 0 Å². The van der Waals surface area contributed by atoms with Gasteiger partial charge >= 0.3 is 12.3 Å². The van der Waals surface area contributed by atoms with Gasteiger partial charge < -0.3 is 14.6 Å². The van der Waals surface area contributed by atoms with Gasteiger partial charge in [0, 0.05) is 11.1 Å². The summed E-state index contributed by atoms with van der Waals surface area (Å²) in [5.74, 6) is -1.29. The SMILES string of the molecule is O=C(O)OC1=Cc2ccccc2OC1c1ccc(C(F)(F)F)c(F)c1. The van der Waals surface area contributed by atoms with Crippen molar-refractivity contribution in [1.29, 1.82) is 0 Å². The highest BCUT2D eigenvalue weighted by atomic mass is 19.4. The van der Waals surface area contributed by atoms with Crippen molar-refractivity contribution in [3.05, 3.63) is 70.7 Å². The first kappa shape index (κ1) is 16.8. The number of alkyl halides is 3. The Labute approximate surface area is 138 Å². The van der Waals surface area contributed by atoms with Gasteiger partial charge in [-0.05, 0) is 24.3 Å². The molecule has 1 atom stereocenters. The number of fused-ring (bicyclic) bond motifs is 1. The second-order valence-corrected chi connectivity index (χ2v) is 5.19. The summed E-state index contributed by atoms with van der Waals surface area (Å²) in [4.78, 5) is 10.9. The molecule has 3 rings (SSSR count). The van der Waals surface area contributed by atoms with Gasteiger partial charge in [-0.1, -0.05) is 24.3 Å². The second-order valence-electron chi connectivity index (χ2n) is 5.19. The van der Waals surface area contributed by atoms with Gasteiger partial charge in [-0.2, -0.15) is 13.2 Å². The van der Waals surface area contributed by atoms with Gasteiger partial charge in [-0.3, -0.25) is 0 Å². The van der Waals surface area contributed by atoms with Crippen LogP contribution < -0.4 is 4.74 Å². The fraction of sp³-hybridized carbons (Fsp3) is 0.118. The van der Waals surface area contributed by atoms with E-state index in [1.165, 1.54) is 6.08 Å². The number of hydrogen-bond acceptors (Lipinski definition) is 3. The van der Waals surface area contributed by atoms with E-state index in [9.17, 15) is 22.4 Å². The smallest absolute Gasteiger partial charge is 0.477 e. The summed E-state index contributed by atoms with van der Waals surface area (Å²) in [5, 5.41) is 8.84. The van der Waals surface area contributed by atoms with Gasteiger partial charge in [0.2, 0.25) is 0 Å². The van der Waals surface area contributed by atoms with Gasteiger partial charge in [0.15, 0.2) is 11.9 Å². The van der Waals surface area contributed by atoms with E-state index >= 15 is 0 Å². The standard InChI is InChI=1S/C17H10F4O4/c18-12-7-10(5-6-11(12)17(19,20)21)15-14(25-16(22)23)8-9-3-1-2-4-13(9)24-15/h1-8,15H,(H,22,23). The van der Waals surface area contributed by atoms with Crippen LogP contribution in [0, 0.1) is 5.82 Å². The van der Waals surface area contributed by atoms with E-state index in [1.807, 2.05) is 0 Å². The molecule has 1 N–H and O–H groups in total. The molecule has 25 heavy (non-hydrogen) atoms. The lowest BCUT2D eigenvalue weighted by Crippen LogP contribution is -2.19. The molecule has 0 aliphatic carbocycles. The minimum absolute atomic E-state index is 0.00694. The third-order valence-electron chi connectivity index (χ3n) is 3.53. The monoisotopic (exact) mass is 354 g/mol. The fourth-order valence-corrected chi connectivity index (χ4v) is 2.46. The topological polar surface area (TPSA) is 55.8 Å². The number of benzene rings is 2. The molecule has 0 fully saturated rings. The molecule has 130 valence electrons. The van der Waals surface area contributed by atoms with Crippen LogP contribution in [0.2, 0.25) is 0 Å². The van der Waals surface area contributed by atoms with Crippen molar-refractivity contribution in [3.8, 4) is 5.75 Å². The summed E-state index contributed by atoms with van der Waals surface area (Å²) in [6, 6.07) is 8.84. The predicted octanol–water partition coefficient (Wildman–Crippen LogP) is 5.01. The van der Waals surface area contributed by atoms with Crippen molar-refractivity contribution in [3.63, 3.8) is 0 Å². The summed E-state index contributed by atoms with van der Waals surface area (Å²) in [6.07, 6.45) is -6.26. The van der Waals surface area contributed by atoms with Crippen molar-refractivity contribution >= 4 is 12.2 Å². The van der Waals surface area contributed by atoms with Crippen LogP contribution in [0.1, 0.15) is 22.8 Å². The molecule has 1 heterocycles. The summed E-state index contributed by atoms with van der Waals surface area (Å²) in [6.45, 7) is 0. The van der Waals surface area contributed by atoms with Crippen molar-refractivity contribution < 1.29 is 36.9 Å². The molecule has 4 nitrogen and oxygen atoms in total. The maximum Gasteiger partial charge on any atom is 0.511 e. The average molecular weight is 354 g/mol. The zero-order valence-electron chi connectivity index (χ0n) is 12.4. The number of rotatable bonds is 2. The van der Waals surface area contributed by atoms with Crippen molar-refractivity contribution in [2.45, 2.75) is 12.3 Å². The fourth-order valence-electron chi connectivity index (χ4n) is 2.46. The normalized spacial score (nSPS) is 16.5. The molecule has 0 bridgehead atoms. The Morgan fingerprint density at radius 3 is 2.52 bits per heavy atom. The second kappa shape index (κ2) is 6.12. The largest absolute Gasteiger partial charge is 0.511 e. The minimum atomic E-state index is -4.83. The number of halogens is 4. The van der Waals surface area contributed by atoms with Crippen LogP contribution in [0.4, 0.5) is 22.4 Å². The molecule has 8 heteroatoms. The first-order valence-corrected chi connectivity index (χ1v) is 7.00. The lowest BCUT2D eigenvalue weighted by molar-refractivity contribution is -0.140. The Bertz CT molecular complexity index is 858. The van der Waals surface area contributed by atoms with E-state index in [4.69, 9.17) is 9.84 Å². The van der Waals surface area contributed by atoms with Crippen LogP contribution in [0.25, 0.3) is 6.08 Å². The van der Waals surface area contributed by atoms with Gasteiger partial charge in [0.05, 0.1) is 5.56 Å². The Balaban J connectivity index is 2.03. The molecular formula is C17H10F4O4. The van der Waals surface area contributed by atoms with E-state index in [-0.39, 0.29) is 11.3 Å². The highest BCUT2D eigenvalue weighted by Gasteiger charge is 2.35. The Morgan fingerprint density at radius 1 is 1.16 bits per heavy atom. The van der Waals surface area contributed by atoms with E-state index in [1.54, 1.807) is 24.3 Å². The zero-order valence-corrected chi connectivity index (χ0v) is 12.4. The average Bonchev–Trinajstić information content (AvgIpc) is 2.52. The molecule has 1 aliphatic rings. The number of carbonyl (C=O) groups is 1. The molecule has 0 spiro atoms. The van der Waals surface area contributed by atoms with Crippen LogP contribution in [-0.2, 0) is 10.9 Å². The van der Waals surface area contributed by atoms with Gasteiger partial charge in [0.1, 0.15) is 11.6 Å². The van der Waals surface area contributed by atoms with Crippen LogP contribution in [0.15, 0.2) is 48.2 Å². The van der Waals surface area contributed by atoms with Crippen LogP contribution in [0.3, 0.4) is 0 Å². The Hall–Kier alpha value is -3.03. The quantitative estimate of drug-likeness (QED) is 0.608. The van der Waals surface area contributed by atoms with Crippen molar-refractivity contribution in [2.75, 3.05) is 0 Å². The molecule has 1 aliphatic heterocycles. The maximum absolute atomic E-state index is 13.8. The van der Waals surface area contributed by atoms with E-state index < -0.39 is 29.8 Å². The minimum Gasteiger partial charge on any atom is -0.477 e. The molecule has 1 unspecified atom stereocenters. The number of hydrogen-bond donors (Lipinski definition) is 1. The summed E-state index contributed by atoms with van der Waals surface area (Å²) >= 11 is 0. The van der Waals surface area contributed by atoms with Gasteiger partial charge in [-0.25, -0.2) is 9.18 Å². The maximum atomic E-state index is 13.8. The number of para-hydroxylation sites is 1. The highest BCUT2D eigenvalue weighted by Crippen LogP contribution is 2.39. The molecule has 2 aromatic rings. The van der Waals surface area contributed by atoms with Crippen LogP contribution in [-0.4, -0.2) is 11.3 Å². The third kappa shape index (κ3) is 3.42. The Morgan fingerprint density at radius 2 is 1.88 bits per heavy atom. The summed E-state index contributed by atoms with van der Waals surface area (Å²) in [5.41, 5.74) is -0.896. The van der Waals surface area contributed by atoms with E-state index in [2.05, 4.69) is 4.74 Å². The molecule has 0 radical (unpaired) electrons. The van der Waals surface area contributed by atoms with Crippen LogP contribution >= 0.6 is 0 Å². The lowest BCUT2D eigenvalue weighted by Gasteiger charge is -2.26. The Kier molecular flexibility index (Phi) is 4.12. The summed E-state index contributed by atoms with van der Waals surface area (Å²) in [7, 11) is 0. The molecule has 0 amide bonds. The van der Waals surface area contributed by atoms with E-state index in [0.717, 1.165) is 6.07 Å². The molecule has 0 saturated carbocycles. The highest BCUT2D eigenvalue weighted by molar-refractivity contribution is 5.67.